The summed E-state index contributed by atoms with van der Waals surface area (Å²) in [7, 11) is 0. The quantitative estimate of drug-likeness (QED) is 0.660. The molecule has 2 aliphatic rings. The summed E-state index contributed by atoms with van der Waals surface area (Å²) < 4.78 is 6.38. The SMILES string of the molecule is CCC1(CC)C(Cl)CC1OC1CCCC(C)C1. The van der Waals surface area contributed by atoms with Gasteiger partial charge in [-0.05, 0) is 38.0 Å². The number of halogens is 1. The van der Waals surface area contributed by atoms with Gasteiger partial charge in [-0.1, -0.05) is 33.6 Å². The van der Waals surface area contributed by atoms with E-state index in [0.717, 1.165) is 25.2 Å². The Morgan fingerprint density at radius 3 is 2.41 bits per heavy atom. The Kier molecular flexibility index (Phi) is 4.41. The predicted molar refractivity (Wildman–Crippen MR) is 73.6 cm³/mol. The highest BCUT2D eigenvalue weighted by atomic mass is 35.5. The zero-order chi connectivity index (χ0) is 12.5. The summed E-state index contributed by atoms with van der Waals surface area (Å²) in [5, 5.41) is 0.337. The topological polar surface area (TPSA) is 9.23 Å². The van der Waals surface area contributed by atoms with Crippen LogP contribution in [0.25, 0.3) is 0 Å². The van der Waals surface area contributed by atoms with Gasteiger partial charge in [0.2, 0.25) is 0 Å². The molecule has 0 heterocycles. The summed E-state index contributed by atoms with van der Waals surface area (Å²) in [6.07, 6.45) is 9.55. The largest absolute Gasteiger partial charge is 0.374 e. The zero-order valence-corrected chi connectivity index (χ0v) is 12.3. The summed E-state index contributed by atoms with van der Waals surface area (Å²) in [5.41, 5.74) is 0.266. The highest BCUT2D eigenvalue weighted by Gasteiger charge is 2.53. The van der Waals surface area contributed by atoms with Gasteiger partial charge in [0.1, 0.15) is 0 Å². The molecule has 0 aromatic carbocycles. The lowest BCUT2D eigenvalue weighted by atomic mass is 9.62. The maximum atomic E-state index is 6.43. The lowest BCUT2D eigenvalue weighted by Gasteiger charge is -2.54. The van der Waals surface area contributed by atoms with Gasteiger partial charge < -0.3 is 4.74 Å². The van der Waals surface area contributed by atoms with Crippen molar-refractivity contribution in [2.45, 2.75) is 83.3 Å². The molecule has 4 unspecified atom stereocenters. The Morgan fingerprint density at radius 2 is 1.88 bits per heavy atom. The van der Waals surface area contributed by atoms with Gasteiger partial charge >= 0.3 is 0 Å². The Labute approximate surface area is 111 Å². The van der Waals surface area contributed by atoms with Crippen molar-refractivity contribution < 1.29 is 4.74 Å². The molecule has 100 valence electrons. The van der Waals surface area contributed by atoms with Crippen molar-refractivity contribution in [2.24, 2.45) is 11.3 Å². The molecule has 2 aliphatic carbocycles. The second-order valence-electron chi connectivity index (χ2n) is 6.16. The van der Waals surface area contributed by atoms with Crippen molar-refractivity contribution in [1.29, 1.82) is 0 Å². The van der Waals surface area contributed by atoms with Crippen LogP contribution in [0, 0.1) is 11.3 Å². The van der Waals surface area contributed by atoms with E-state index in [1.807, 2.05) is 0 Å². The van der Waals surface area contributed by atoms with E-state index in [-0.39, 0.29) is 5.41 Å². The van der Waals surface area contributed by atoms with Crippen LogP contribution in [-0.2, 0) is 4.74 Å². The average Bonchev–Trinajstić information content (AvgIpc) is 2.30. The first kappa shape index (κ1) is 13.7. The van der Waals surface area contributed by atoms with E-state index in [9.17, 15) is 0 Å². The smallest absolute Gasteiger partial charge is 0.0663 e. The minimum absolute atomic E-state index is 0.266. The van der Waals surface area contributed by atoms with E-state index in [2.05, 4.69) is 20.8 Å². The summed E-state index contributed by atoms with van der Waals surface area (Å²) in [6, 6.07) is 0. The van der Waals surface area contributed by atoms with Crippen molar-refractivity contribution in [3.05, 3.63) is 0 Å². The molecule has 0 aromatic heterocycles. The highest BCUT2D eigenvalue weighted by Crippen LogP contribution is 2.52. The van der Waals surface area contributed by atoms with Crippen LogP contribution in [0.2, 0.25) is 0 Å². The third-order valence-electron chi connectivity index (χ3n) is 5.25. The van der Waals surface area contributed by atoms with E-state index in [1.165, 1.54) is 25.7 Å². The number of alkyl halides is 1. The summed E-state index contributed by atoms with van der Waals surface area (Å²) in [6.45, 7) is 6.88. The van der Waals surface area contributed by atoms with Gasteiger partial charge in [-0.25, -0.2) is 0 Å². The monoisotopic (exact) mass is 258 g/mol. The fourth-order valence-corrected chi connectivity index (χ4v) is 4.38. The molecular weight excluding hydrogens is 232 g/mol. The van der Waals surface area contributed by atoms with Gasteiger partial charge in [0.25, 0.3) is 0 Å². The lowest BCUT2D eigenvalue weighted by Crippen LogP contribution is -2.56. The fourth-order valence-electron chi connectivity index (χ4n) is 3.77. The van der Waals surface area contributed by atoms with Crippen LogP contribution in [0.5, 0.6) is 0 Å². The molecule has 0 aliphatic heterocycles. The number of hydrogen-bond acceptors (Lipinski definition) is 1. The van der Waals surface area contributed by atoms with Gasteiger partial charge in [0.15, 0.2) is 0 Å². The minimum Gasteiger partial charge on any atom is -0.374 e. The van der Waals surface area contributed by atoms with Crippen LogP contribution in [-0.4, -0.2) is 17.6 Å². The highest BCUT2D eigenvalue weighted by molar-refractivity contribution is 6.21. The summed E-state index contributed by atoms with van der Waals surface area (Å²) in [4.78, 5) is 0. The van der Waals surface area contributed by atoms with E-state index in [1.54, 1.807) is 0 Å². The molecular formula is C15H27ClO. The first-order chi connectivity index (χ1) is 8.12. The van der Waals surface area contributed by atoms with Crippen molar-refractivity contribution >= 4 is 11.6 Å². The van der Waals surface area contributed by atoms with Crippen LogP contribution in [0.3, 0.4) is 0 Å². The second kappa shape index (κ2) is 5.48. The molecule has 2 rings (SSSR count). The van der Waals surface area contributed by atoms with Crippen LogP contribution in [0.4, 0.5) is 0 Å². The van der Waals surface area contributed by atoms with Gasteiger partial charge in [-0.15, -0.1) is 11.6 Å². The maximum absolute atomic E-state index is 6.43. The first-order valence-electron chi connectivity index (χ1n) is 7.42. The average molecular weight is 259 g/mol. The molecule has 4 atom stereocenters. The van der Waals surface area contributed by atoms with Gasteiger partial charge in [0.05, 0.1) is 12.2 Å². The number of hydrogen-bond donors (Lipinski definition) is 0. The Balaban J connectivity index is 1.91. The third kappa shape index (κ3) is 2.51. The molecule has 0 radical (unpaired) electrons. The minimum atomic E-state index is 0.266. The van der Waals surface area contributed by atoms with E-state index >= 15 is 0 Å². The molecule has 0 saturated heterocycles. The van der Waals surface area contributed by atoms with E-state index in [0.29, 0.717) is 17.6 Å². The van der Waals surface area contributed by atoms with E-state index < -0.39 is 0 Å². The third-order valence-corrected chi connectivity index (χ3v) is 5.86. The molecule has 0 N–H and O–H groups in total. The molecule has 0 amide bonds. The number of ether oxygens (including phenoxy) is 1. The molecule has 2 fully saturated rings. The van der Waals surface area contributed by atoms with Crippen molar-refractivity contribution in [2.75, 3.05) is 0 Å². The fraction of sp³-hybridized carbons (Fsp3) is 1.00. The van der Waals surface area contributed by atoms with Crippen molar-refractivity contribution in [3.63, 3.8) is 0 Å². The van der Waals surface area contributed by atoms with Crippen LogP contribution < -0.4 is 0 Å². The van der Waals surface area contributed by atoms with Crippen molar-refractivity contribution in [1.82, 2.24) is 0 Å². The van der Waals surface area contributed by atoms with Gasteiger partial charge in [-0.3, -0.25) is 0 Å². The Hall–Kier alpha value is 0.250. The second-order valence-corrected chi connectivity index (χ2v) is 6.69. The summed E-state index contributed by atoms with van der Waals surface area (Å²) >= 11 is 6.43. The Morgan fingerprint density at radius 1 is 1.18 bits per heavy atom. The molecule has 17 heavy (non-hydrogen) atoms. The molecule has 0 aromatic rings. The van der Waals surface area contributed by atoms with Gasteiger partial charge in [-0.2, -0.15) is 0 Å². The van der Waals surface area contributed by atoms with Crippen LogP contribution in [0.15, 0.2) is 0 Å². The molecule has 2 saturated carbocycles. The normalized spacial score (nSPS) is 40.9. The van der Waals surface area contributed by atoms with E-state index in [4.69, 9.17) is 16.3 Å². The standard InChI is InChI=1S/C15H27ClO/c1-4-15(5-2)13(16)10-14(15)17-12-8-6-7-11(3)9-12/h11-14H,4-10H2,1-3H3. The molecule has 0 spiro atoms. The van der Waals surface area contributed by atoms with Crippen LogP contribution in [0.1, 0.15) is 65.7 Å². The molecule has 2 heteroatoms. The van der Waals surface area contributed by atoms with Crippen LogP contribution >= 0.6 is 11.6 Å². The van der Waals surface area contributed by atoms with Crippen molar-refractivity contribution in [3.8, 4) is 0 Å². The number of rotatable bonds is 4. The maximum Gasteiger partial charge on any atom is 0.0663 e. The molecule has 1 nitrogen and oxygen atoms in total. The summed E-state index contributed by atoms with van der Waals surface area (Å²) in [5.74, 6) is 0.846. The molecule has 0 bridgehead atoms. The predicted octanol–water partition coefficient (Wildman–Crippen LogP) is 4.77. The first-order valence-corrected chi connectivity index (χ1v) is 7.85. The van der Waals surface area contributed by atoms with Gasteiger partial charge in [0, 0.05) is 10.8 Å². The Bertz CT molecular complexity index is 249. The lowest BCUT2D eigenvalue weighted by molar-refractivity contribution is -0.152. The zero-order valence-electron chi connectivity index (χ0n) is 11.5.